The Kier molecular flexibility index (Phi) is 3.38. The number of hydrogen-bond acceptors (Lipinski definition) is 1. The van der Waals surface area contributed by atoms with E-state index in [-0.39, 0.29) is 0 Å². The standard InChI is InChI=1S/C10H21N/c1-9-5-4-6-10(8-7-9)11(2)3/h9-10H,4-8H2,1-3H3/t9-,10-/m0/s1. The first-order valence-electron chi connectivity index (χ1n) is 4.86. The van der Waals surface area contributed by atoms with Gasteiger partial charge in [-0.2, -0.15) is 0 Å². The van der Waals surface area contributed by atoms with E-state index < -0.39 is 0 Å². The van der Waals surface area contributed by atoms with Crippen LogP contribution in [0.4, 0.5) is 0 Å². The molecule has 0 heterocycles. The Morgan fingerprint density at radius 1 is 1.00 bits per heavy atom. The van der Waals surface area contributed by atoms with Crippen LogP contribution in [0.5, 0.6) is 0 Å². The Morgan fingerprint density at radius 3 is 2.36 bits per heavy atom. The van der Waals surface area contributed by atoms with Crippen molar-refractivity contribution < 1.29 is 0 Å². The molecular formula is C10H21N. The van der Waals surface area contributed by atoms with Crippen LogP contribution >= 0.6 is 0 Å². The Morgan fingerprint density at radius 2 is 1.73 bits per heavy atom. The van der Waals surface area contributed by atoms with Crippen LogP contribution in [0.25, 0.3) is 0 Å². The van der Waals surface area contributed by atoms with Gasteiger partial charge in [-0.05, 0) is 39.3 Å². The van der Waals surface area contributed by atoms with Crippen molar-refractivity contribution in [1.82, 2.24) is 4.90 Å². The van der Waals surface area contributed by atoms with Crippen LogP contribution in [0.15, 0.2) is 0 Å². The van der Waals surface area contributed by atoms with Crippen molar-refractivity contribution in [3.8, 4) is 0 Å². The predicted octanol–water partition coefficient (Wildman–Crippen LogP) is 2.52. The molecule has 1 heteroatoms. The largest absolute Gasteiger partial charge is 0.306 e. The Bertz CT molecular complexity index is 109. The van der Waals surface area contributed by atoms with Gasteiger partial charge in [-0.15, -0.1) is 0 Å². The summed E-state index contributed by atoms with van der Waals surface area (Å²) >= 11 is 0. The zero-order chi connectivity index (χ0) is 8.27. The van der Waals surface area contributed by atoms with E-state index in [1.807, 2.05) is 0 Å². The van der Waals surface area contributed by atoms with Gasteiger partial charge >= 0.3 is 0 Å². The molecule has 66 valence electrons. The highest BCUT2D eigenvalue weighted by Gasteiger charge is 2.16. The van der Waals surface area contributed by atoms with E-state index in [1.54, 1.807) is 0 Å². The lowest BCUT2D eigenvalue weighted by Crippen LogP contribution is -2.26. The second-order valence-corrected chi connectivity index (χ2v) is 4.23. The maximum Gasteiger partial charge on any atom is 0.00892 e. The fraction of sp³-hybridized carbons (Fsp3) is 1.00. The van der Waals surface area contributed by atoms with Gasteiger partial charge in [0.1, 0.15) is 0 Å². The fourth-order valence-electron chi connectivity index (χ4n) is 1.98. The Balaban J connectivity index is 2.34. The van der Waals surface area contributed by atoms with Crippen molar-refractivity contribution in [2.24, 2.45) is 5.92 Å². The van der Waals surface area contributed by atoms with E-state index in [1.165, 1.54) is 32.1 Å². The van der Waals surface area contributed by atoms with Gasteiger partial charge in [-0.1, -0.05) is 19.8 Å². The van der Waals surface area contributed by atoms with E-state index in [0.717, 1.165) is 12.0 Å². The van der Waals surface area contributed by atoms with E-state index in [2.05, 4.69) is 25.9 Å². The van der Waals surface area contributed by atoms with Crippen LogP contribution in [-0.2, 0) is 0 Å². The van der Waals surface area contributed by atoms with Crippen LogP contribution in [0.2, 0.25) is 0 Å². The molecule has 0 aromatic rings. The molecule has 1 nitrogen and oxygen atoms in total. The van der Waals surface area contributed by atoms with Crippen LogP contribution in [0, 0.1) is 5.92 Å². The molecule has 0 aromatic carbocycles. The summed E-state index contributed by atoms with van der Waals surface area (Å²) in [5, 5.41) is 0. The molecule has 11 heavy (non-hydrogen) atoms. The minimum atomic E-state index is 0.861. The van der Waals surface area contributed by atoms with Crippen molar-refractivity contribution >= 4 is 0 Å². The van der Waals surface area contributed by atoms with E-state index >= 15 is 0 Å². The topological polar surface area (TPSA) is 3.24 Å². The highest BCUT2D eigenvalue weighted by atomic mass is 15.1. The molecule has 1 rings (SSSR count). The average molecular weight is 155 g/mol. The Hall–Kier alpha value is -0.0400. The summed E-state index contributed by atoms with van der Waals surface area (Å²) < 4.78 is 0. The van der Waals surface area contributed by atoms with Crippen LogP contribution in [0.1, 0.15) is 39.0 Å². The zero-order valence-corrected chi connectivity index (χ0v) is 8.14. The summed E-state index contributed by atoms with van der Waals surface area (Å²) in [7, 11) is 4.42. The molecule has 1 aliphatic rings. The van der Waals surface area contributed by atoms with Gasteiger partial charge in [0.2, 0.25) is 0 Å². The minimum Gasteiger partial charge on any atom is -0.306 e. The molecule has 0 amide bonds. The van der Waals surface area contributed by atoms with Crippen molar-refractivity contribution in [1.29, 1.82) is 0 Å². The van der Waals surface area contributed by atoms with Crippen molar-refractivity contribution in [3.63, 3.8) is 0 Å². The molecule has 0 aromatic heterocycles. The van der Waals surface area contributed by atoms with Crippen LogP contribution in [0.3, 0.4) is 0 Å². The molecule has 0 radical (unpaired) electrons. The third kappa shape index (κ3) is 2.82. The molecule has 0 saturated heterocycles. The smallest absolute Gasteiger partial charge is 0.00892 e. The van der Waals surface area contributed by atoms with E-state index in [4.69, 9.17) is 0 Å². The van der Waals surface area contributed by atoms with Crippen LogP contribution in [-0.4, -0.2) is 25.0 Å². The van der Waals surface area contributed by atoms with Gasteiger partial charge in [-0.3, -0.25) is 0 Å². The number of nitrogens with zero attached hydrogens (tertiary/aromatic N) is 1. The summed E-state index contributed by atoms with van der Waals surface area (Å²) in [6.07, 6.45) is 7.14. The minimum absolute atomic E-state index is 0.861. The zero-order valence-electron chi connectivity index (χ0n) is 8.14. The van der Waals surface area contributed by atoms with Gasteiger partial charge < -0.3 is 4.90 Å². The van der Waals surface area contributed by atoms with Gasteiger partial charge in [0.25, 0.3) is 0 Å². The predicted molar refractivity (Wildman–Crippen MR) is 49.7 cm³/mol. The molecule has 0 unspecified atom stereocenters. The highest BCUT2D eigenvalue weighted by molar-refractivity contribution is 4.72. The molecule has 1 saturated carbocycles. The second kappa shape index (κ2) is 4.10. The number of hydrogen-bond donors (Lipinski definition) is 0. The molecule has 0 N–H and O–H groups in total. The first kappa shape index (κ1) is 9.05. The lowest BCUT2D eigenvalue weighted by Gasteiger charge is -2.22. The molecule has 0 spiro atoms. The molecule has 0 aliphatic heterocycles. The third-order valence-corrected chi connectivity index (χ3v) is 2.96. The monoisotopic (exact) mass is 155 g/mol. The SMILES string of the molecule is C[C@H]1CCC[C@H](N(C)C)CC1. The van der Waals surface area contributed by atoms with Crippen molar-refractivity contribution in [2.45, 2.75) is 45.1 Å². The highest BCUT2D eigenvalue weighted by Crippen LogP contribution is 2.24. The van der Waals surface area contributed by atoms with Gasteiger partial charge in [-0.25, -0.2) is 0 Å². The first-order chi connectivity index (χ1) is 5.20. The lowest BCUT2D eigenvalue weighted by molar-refractivity contribution is 0.265. The van der Waals surface area contributed by atoms with Crippen LogP contribution < -0.4 is 0 Å². The van der Waals surface area contributed by atoms with Crippen molar-refractivity contribution in [3.05, 3.63) is 0 Å². The first-order valence-corrected chi connectivity index (χ1v) is 4.86. The summed E-state index contributed by atoms with van der Waals surface area (Å²) in [6.45, 7) is 2.39. The average Bonchev–Trinajstić information content (AvgIpc) is 2.13. The fourth-order valence-corrected chi connectivity index (χ4v) is 1.98. The molecule has 1 aliphatic carbocycles. The second-order valence-electron chi connectivity index (χ2n) is 4.23. The molecular weight excluding hydrogens is 134 g/mol. The van der Waals surface area contributed by atoms with E-state index in [0.29, 0.717) is 0 Å². The molecule has 0 bridgehead atoms. The molecule has 2 atom stereocenters. The van der Waals surface area contributed by atoms with Gasteiger partial charge in [0.15, 0.2) is 0 Å². The third-order valence-electron chi connectivity index (χ3n) is 2.96. The lowest BCUT2D eigenvalue weighted by atomic mass is 10.0. The Labute approximate surface area is 70.8 Å². The molecule has 1 fully saturated rings. The summed E-state index contributed by atoms with van der Waals surface area (Å²) in [6, 6.07) is 0.861. The summed E-state index contributed by atoms with van der Waals surface area (Å²) in [5.74, 6) is 0.972. The maximum absolute atomic E-state index is 2.39. The summed E-state index contributed by atoms with van der Waals surface area (Å²) in [5.41, 5.74) is 0. The summed E-state index contributed by atoms with van der Waals surface area (Å²) in [4.78, 5) is 2.39. The van der Waals surface area contributed by atoms with Gasteiger partial charge in [0.05, 0.1) is 0 Å². The van der Waals surface area contributed by atoms with E-state index in [9.17, 15) is 0 Å². The quantitative estimate of drug-likeness (QED) is 0.526. The number of rotatable bonds is 1. The normalized spacial score (nSPS) is 33.8. The van der Waals surface area contributed by atoms with Crippen molar-refractivity contribution in [2.75, 3.05) is 14.1 Å². The van der Waals surface area contributed by atoms with Gasteiger partial charge in [0, 0.05) is 6.04 Å². The maximum atomic E-state index is 2.39.